The van der Waals surface area contributed by atoms with Gasteiger partial charge in [-0.2, -0.15) is 0 Å². The molecule has 5 heteroatoms. The predicted octanol–water partition coefficient (Wildman–Crippen LogP) is -0.443. The third-order valence-electron chi connectivity index (χ3n) is 1.07. The third kappa shape index (κ3) is 7.32. The van der Waals surface area contributed by atoms with E-state index < -0.39 is 9.84 Å². The molecule has 0 aliphatic rings. The van der Waals surface area contributed by atoms with Gasteiger partial charge in [0.15, 0.2) is 0 Å². The molecule has 0 aliphatic carbocycles. The fourth-order valence-corrected chi connectivity index (χ4v) is 1.12. The van der Waals surface area contributed by atoms with Crippen LogP contribution in [0.4, 0.5) is 0 Å². The molecule has 0 aliphatic heterocycles. The lowest BCUT2D eigenvalue weighted by molar-refractivity contribution is -0.120. The first kappa shape index (κ1) is 10.4. The Morgan fingerprint density at radius 2 is 2.00 bits per heavy atom. The maximum absolute atomic E-state index is 10.7. The van der Waals surface area contributed by atoms with Crippen LogP contribution in [0.1, 0.15) is 13.3 Å². The van der Waals surface area contributed by atoms with Crippen molar-refractivity contribution in [3.8, 4) is 0 Å². The van der Waals surface area contributed by atoms with Gasteiger partial charge in [0.2, 0.25) is 5.91 Å². The number of nitrogens with one attached hydrogen (secondary N) is 1. The van der Waals surface area contributed by atoms with E-state index in [0.29, 0.717) is 6.54 Å². The second kappa shape index (κ2) is 4.33. The van der Waals surface area contributed by atoms with Crippen LogP contribution in [0, 0.1) is 0 Å². The van der Waals surface area contributed by atoms with Gasteiger partial charge in [-0.05, 0) is 6.92 Å². The molecule has 1 N–H and O–H groups in total. The van der Waals surface area contributed by atoms with Crippen molar-refractivity contribution in [2.24, 2.45) is 0 Å². The maximum Gasteiger partial charge on any atom is 0.221 e. The first-order chi connectivity index (χ1) is 4.95. The molecular formula is C6H13NO3S. The summed E-state index contributed by atoms with van der Waals surface area (Å²) < 4.78 is 21.1. The number of carbonyl (C=O) groups excluding carboxylic acids is 1. The molecule has 0 spiro atoms. The number of carbonyl (C=O) groups is 1. The SMILES string of the molecule is CCNC(=O)CCS(C)(=O)=O. The molecule has 0 unspecified atom stereocenters. The standard InChI is InChI=1S/C6H13NO3S/c1-3-7-6(8)4-5-11(2,9)10/h3-5H2,1-2H3,(H,7,8). The van der Waals surface area contributed by atoms with E-state index in [4.69, 9.17) is 0 Å². The minimum absolute atomic E-state index is 0.0622. The van der Waals surface area contributed by atoms with Crippen molar-refractivity contribution in [2.75, 3.05) is 18.6 Å². The highest BCUT2D eigenvalue weighted by Crippen LogP contribution is 1.87. The molecule has 0 radical (unpaired) electrons. The molecular weight excluding hydrogens is 166 g/mol. The van der Waals surface area contributed by atoms with Crippen LogP contribution in [0.15, 0.2) is 0 Å². The Hall–Kier alpha value is -0.580. The molecule has 0 aromatic heterocycles. The zero-order chi connectivity index (χ0) is 8.91. The lowest BCUT2D eigenvalue weighted by Gasteiger charge is -1.99. The highest BCUT2D eigenvalue weighted by molar-refractivity contribution is 7.90. The van der Waals surface area contributed by atoms with Gasteiger partial charge in [0.25, 0.3) is 0 Å². The zero-order valence-electron chi connectivity index (χ0n) is 6.75. The van der Waals surface area contributed by atoms with Crippen LogP contribution in [0.2, 0.25) is 0 Å². The zero-order valence-corrected chi connectivity index (χ0v) is 7.57. The van der Waals surface area contributed by atoms with Crippen molar-refractivity contribution in [3.05, 3.63) is 0 Å². The first-order valence-electron chi connectivity index (χ1n) is 3.40. The van der Waals surface area contributed by atoms with Crippen molar-refractivity contribution in [2.45, 2.75) is 13.3 Å². The summed E-state index contributed by atoms with van der Waals surface area (Å²) in [6, 6.07) is 0. The highest BCUT2D eigenvalue weighted by atomic mass is 32.2. The third-order valence-corrected chi connectivity index (χ3v) is 2.02. The molecule has 0 saturated carbocycles. The molecule has 11 heavy (non-hydrogen) atoms. The van der Waals surface area contributed by atoms with E-state index in [1.807, 2.05) is 0 Å². The van der Waals surface area contributed by atoms with Gasteiger partial charge in [-0.1, -0.05) is 0 Å². The quantitative estimate of drug-likeness (QED) is 0.636. The summed E-state index contributed by atoms with van der Waals surface area (Å²) in [5.74, 6) is -0.281. The molecule has 66 valence electrons. The Balaban J connectivity index is 3.64. The average Bonchev–Trinajstić information content (AvgIpc) is 1.83. The summed E-state index contributed by atoms with van der Waals surface area (Å²) in [7, 11) is -3.00. The van der Waals surface area contributed by atoms with E-state index in [2.05, 4.69) is 5.32 Å². The largest absolute Gasteiger partial charge is 0.356 e. The van der Waals surface area contributed by atoms with Crippen LogP contribution in [0.25, 0.3) is 0 Å². The van der Waals surface area contributed by atoms with Gasteiger partial charge in [-0.3, -0.25) is 4.79 Å². The molecule has 0 aromatic carbocycles. The second-order valence-electron chi connectivity index (χ2n) is 2.33. The highest BCUT2D eigenvalue weighted by Gasteiger charge is 2.05. The Bertz CT molecular complexity index is 220. The van der Waals surface area contributed by atoms with E-state index >= 15 is 0 Å². The smallest absolute Gasteiger partial charge is 0.221 e. The van der Waals surface area contributed by atoms with Gasteiger partial charge in [-0.15, -0.1) is 0 Å². The van der Waals surface area contributed by atoms with Gasteiger partial charge in [-0.25, -0.2) is 8.42 Å². The monoisotopic (exact) mass is 179 g/mol. The summed E-state index contributed by atoms with van der Waals surface area (Å²) in [6.07, 6.45) is 1.18. The fourth-order valence-electron chi connectivity index (χ4n) is 0.564. The van der Waals surface area contributed by atoms with Crippen LogP contribution in [-0.4, -0.2) is 32.9 Å². The lowest BCUT2D eigenvalue weighted by Crippen LogP contribution is -2.24. The van der Waals surface area contributed by atoms with Gasteiger partial charge in [0.05, 0.1) is 5.75 Å². The van der Waals surface area contributed by atoms with Gasteiger partial charge in [0, 0.05) is 19.2 Å². The first-order valence-corrected chi connectivity index (χ1v) is 5.46. The predicted molar refractivity (Wildman–Crippen MR) is 43.0 cm³/mol. The number of amides is 1. The Labute approximate surface area is 66.9 Å². The number of sulfone groups is 1. The molecule has 0 bridgehead atoms. The minimum Gasteiger partial charge on any atom is -0.356 e. The van der Waals surface area contributed by atoms with E-state index in [1.54, 1.807) is 6.92 Å². The molecule has 4 nitrogen and oxygen atoms in total. The number of rotatable bonds is 4. The maximum atomic E-state index is 10.7. The van der Waals surface area contributed by atoms with Crippen molar-refractivity contribution < 1.29 is 13.2 Å². The molecule has 0 fully saturated rings. The molecule has 0 aromatic rings. The van der Waals surface area contributed by atoms with Crippen molar-refractivity contribution in [3.63, 3.8) is 0 Å². The minimum atomic E-state index is -3.00. The van der Waals surface area contributed by atoms with Gasteiger partial charge < -0.3 is 5.32 Å². The van der Waals surface area contributed by atoms with Crippen molar-refractivity contribution in [1.29, 1.82) is 0 Å². The summed E-state index contributed by atoms with van der Waals surface area (Å²) in [5.41, 5.74) is 0. The van der Waals surface area contributed by atoms with Crippen molar-refractivity contribution >= 4 is 15.7 Å². The van der Waals surface area contributed by atoms with Crippen LogP contribution in [0.3, 0.4) is 0 Å². The fraction of sp³-hybridized carbons (Fsp3) is 0.833. The van der Waals surface area contributed by atoms with E-state index in [1.165, 1.54) is 0 Å². The van der Waals surface area contributed by atoms with E-state index in [0.717, 1.165) is 6.26 Å². The normalized spacial score (nSPS) is 11.1. The van der Waals surface area contributed by atoms with Crippen LogP contribution >= 0.6 is 0 Å². The summed E-state index contributed by atoms with van der Waals surface area (Å²) in [6.45, 7) is 2.33. The summed E-state index contributed by atoms with van der Waals surface area (Å²) >= 11 is 0. The van der Waals surface area contributed by atoms with E-state index in [9.17, 15) is 13.2 Å². The second-order valence-corrected chi connectivity index (χ2v) is 4.59. The lowest BCUT2D eigenvalue weighted by atomic mass is 10.4. The summed E-state index contributed by atoms with van der Waals surface area (Å²) in [4.78, 5) is 10.7. The van der Waals surface area contributed by atoms with Gasteiger partial charge in [0.1, 0.15) is 9.84 Å². The Morgan fingerprint density at radius 1 is 1.45 bits per heavy atom. The average molecular weight is 179 g/mol. The van der Waals surface area contributed by atoms with Crippen LogP contribution in [-0.2, 0) is 14.6 Å². The van der Waals surface area contributed by atoms with Crippen LogP contribution < -0.4 is 5.32 Å². The topological polar surface area (TPSA) is 63.2 Å². The number of hydrogen-bond donors (Lipinski definition) is 1. The molecule has 0 rings (SSSR count). The molecule has 0 atom stereocenters. The van der Waals surface area contributed by atoms with E-state index in [-0.39, 0.29) is 18.1 Å². The molecule has 0 saturated heterocycles. The number of hydrogen-bond acceptors (Lipinski definition) is 3. The Kier molecular flexibility index (Phi) is 4.10. The molecule has 0 heterocycles. The summed E-state index contributed by atoms with van der Waals surface area (Å²) in [5, 5.41) is 2.51. The Morgan fingerprint density at radius 3 is 2.36 bits per heavy atom. The van der Waals surface area contributed by atoms with Crippen molar-refractivity contribution in [1.82, 2.24) is 5.32 Å². The van der Waals surface area contributed by atoms with Gasteiger partial charge >= 0.3 is 0 Å². The molecule has 1 amide bonds. The van der Waals surface area contributed by atoms with Crippen LogP contribution in [0.5, 0.6) is 0 Å².